The summed E-state index contributed by atoms with van der Waals surface area (Å²) in [5.41, 5.74) is 3.92. The fourth-order valence-electron chi connectivity index (χ4n) is 1.89. The summed E-state index contributed by atoms with van der Waals surface area (Å²) in [5, 5.41) is 6.20. The maximum Gasteiger partial charge on any atom is 0.221 e. The second-order valence-electron chi connectivity index (χ2n) is 4.63. The van der Waals surface area contributed by atoms with Gasteiger partial charge < -0.3 is 15.1 Å². The van der Waals surface area contributed by atoms with Gasteiger partial charge in [0, 0.05) is 23.9 Å². The van der Waals surface area contributed by atoms with Crippen molar-refractivity contribution in [2.24, 2.45) is 0 Å². The number of amides is 1. The number of carbonyl (C=O) groups excluding carboxylic acids is 1. The van der Waals surface area contributed by atoms with Gasteiger partial charge in [0.05, 0.1) is 18.6 Å². The minimum atomic E-state index is -0.0665. The Bertz CT molecular complexity index is 562. The van der Waals surface area contributed by atoms with Crippen LogP contribution in [0.4, 0.5) is 11.4 Å². The molecule has 4 heteroatoms. The van der Waals surface area contributed by atoms with Crippen LogP contribution in [0.15, 0.2) is 41.2 Å². The molecule has 19 heavy (non-hydrogen) atoms. The summed E-state index contributed by atoms with van der Waals surface area (Å²) in [6.07, 6.45) is 3.38. The largest absolute Gasteiger partial charge is 0.472 e. The molecule has 4 nitrogen and oxygen atoms in total. The first-order valence-electron chi connectivity index (χ1n) is 6.23. The molecule has 1 aromatic heterocycles. The van der Waals surface area contributed by atoms with Crippen molar-refractivity contribution in [2.45, 2.75) is 26.8 Å². The Morgan fingerprint density at radius 2 is 2.11 bits per heavy atom. The third kappa shape index (κ3) is 3.37. The Morgan fingerprint density at radius 1 is 1.32 bits per heavy atom. The molecule has 0 radical (unpaired) electrons. The van der Waals surface area contributed by atoms with E-state index < -0.39 is 0 Å². The predicted molar refractivity (Wildman–Crippen MR) is 76.2 cm³/mol. The number of benzene rings is 1. The van der Waals surface area contributed by atoms with Gasteiger partial charge in [-0.2, -0.15) is 0 Å². The monoisotopic (exact) mass is 258 g/mol. The predicted octanol–water partition coefficient (Wildman–Crippen LogP) is 3.72. The lowest BCUT2D eigenvalue weighted by atomic mass is 10.1. The molecule has 0 bridgehead atoms. The molecule has 2 aromatic rings. The number of carbonyl (C=O) groups is 1. The van der Waals surface area contributed by atoms with Crippen molar-refractivity contribution >= 4 is 17.3 Å². The number of rotatable bonds is 4. The van der Waals surface area contributed by atoms with Crippen LogP contribution in [-0.2, 0) is 4.79 Å². The van der Waals surface area contributed by atoms with Gasteiger partial charge in [-0.05, 0) is 37.6 Å². The maximum atomic E-state index is 11.1. The van der Waals surface area contributed by atoms with Crippen LogP contribution in [0.3, 0.4) is 0 Å². The zero-order chi connectivity index (χ0) is 13.8. The second kappa shape index (κ2) is 5.61. The fraction of sp³-hybridized carbons (Fsp3) is 0.267. The molecule has 1 aromatic carbocycles. The highest BCUT2D eigenvalue weighted by molar-refractivity contribution is 5.90. The number of anilines is 2. The van der Waals surface area contributed by atoms with Gasteiger partial charge in [-0.15, -0.1) is 0 Å². The van der Waals surface area contributed by atoms with Gasteiger partial charge in [0.15, 0.2) is 0 Å². The molecule has 0 saturated carbocycles. The first-order chi connectivity index (χ1) is 9.06. The minimum Gasteiger partial charge on any atom is -0.472 e. The maximum absolute atomic E-state index is 11.1. The average molecular weight is 258 g/mol. The summed E-state index contributed by atoms with van der Waals surface area (Å²) in [6.45, 7) is 5.53. The van der Waals surface area contributed by atoms with Crippen molar-refractivity contribution in [3.8, 4) is 0 Å². The molecule has 100 valence electrons. The molecule has 0 aliphatic heterocycles. The fourth-order valence-corrected chi connectivity index (χ4v) is 1.89. The van der Waals surface area contributed by atoms with Crippen LogP contribution in [0.5, 0.6) is 0 Å². The van der Waals surface area contributed by atoms with Crippen LogP contribution in [-0.4, -0.2) is 5.91 Å². The van der Waals surface area contributed by atoms with E-state index >= 15 is 0 Å². The third-order valence-electron chi connectivity index (χ3n) is 2.97. The molecular weight excluding hydrogens is 240 g/mol. The van der Waals surface area contributed by atoms with Crippen LogP contribution in [0.2, 0.25) is 0 Å². The van der Waals surface area contributed by atoms with E-state index in [0.717, 1.165) is 22.5 Å². The van der Waals surface area contributed by atoms with E-state index in [0.29, 0.717) is 0 Å². The van der Waals surface area contributed by atoms with E-state index in [-0.39, 0.29) is 11.9 Å². The van der Waals surface area contributed by atoms with Crippen LogP contribution in [0, 0.1) is 6.92 Å². The molecule has 0 aliphatic carbocycles. The number of nitrogens with one attached hydrogen (secondary N) is 2. The normalized spacial score (nSPS) is 11.9. The number of hydrogen-bond donors (Lipinski definition) is 2. The lowest BCUT2D eigenvalue weighted by molar-refractivity contribution is -0.114. The van der Waals surface area contributed by atoms with E-state index in [1.165, 1.54) is 6.92 Å². The minimum absolute atomic E-state index is 0.0665. The Labute approximate surface area is 112 Å². The summed E-state index contributed by atoms with van der Waals surface area (Å²) in [5.74, 6) is -0.0665. The number of hydrogen-bond acceptors (Lipinski definition) is 3. The van der Waals surface area contributed by atoms with Crippen LogP contribution < -0.4 is 10.6 Å². The zero-order valence-corrected chi connectivity index (χ0v) is 11.4. The molecule has 1 amide bonds. The first-order valence-corrected chi connectivity index (χ1v) is 6.23. The Kier molecular flexibility index (Phi) is 3.90. The molecule has 1 atom stereocenters. The molecule has 0 fully saturated rings. The van der Waals surface area contributed by atoms with Gasteiger partial charge in [0.1, 0.15) is 0 Å². The highest BCUT2D eigenvalue weighted by Crippen LogP contribution is 2.24. The van der Waals surface area contributed by atoms with Gasteiger partial charge in [-0.1, -0.05) is 6.07 Å². The Hall–Kier alpha value is -2.23. The molecular formula is C15H18N2O2. The van der Waals surface area contributed by atoms with E-state index in [1.54, 1.807) is 12.5 Å². The number of aryl methyl sites for hydroxylation is 1. The summed E-state index contributed by atoms with van der Waals surface area (Å²) >= 11 is 0. The van der Waals surface area contributed by atoms with E-state index in [1.807, 2.05) is 31.2 Å². The topological polar surface area (TPSA) is 54.3 Å². The molecule has 1 heterocycles. The highest BCUT2D eigenvalue weighted by atomic mass is 16.3. The summed E-state index contributed by atoms with van der Waals surface area (Å²) < 4.78 is 5.07. The van der Waals surface area contributed by atoms with Crippen LogP contribution in [0.1, 0.15) is 31.0 Å². The zero-order valence-electron chi connectivity index (χ0n) is 11.4. The van der Waals surface area contributed by atoms with Gasteiger partial charge in [-0.3, -0.25) is 4.79 Å². The summed E-state index contributed by atoms with van der Waals surface area (Å²) in [7, 11) is 0. The summed E-state index contributed by atoms with van der Waals surface area (Å²) in [4.78, 5) is 11.1. The molecule has 0 saturated heterocycles. The van der Waals surface area contributed by atoms with Gasteiger partial charge in [-0.25, -0.2) is 0 Å². The average Bonchev–Trinajstić information content (AvgIpc) is 2.86. The molecule has 0 spiro atoms. The Balaban J connectivity index is 2.14. The van der Waals surface area contributed by atoms with Crippen molar-refractivity contribution in [1.82, 2.24) is 0 Å². The molecule has 1 unspecified atom stereocenters. The standard InChI is InChI=1S/C15H18N2O2/c1-10-4-5-14(8-15(10)17-12(3)18)16-11(2)13-6-7-19-9-13/h4-9,11,16H,1-3H3,(H,17,18). The van der Waals surface area contributed by atoms with E-state index in [4.69, 9.17) is 4.42 Å². The van der Waals surface area contributed by atoms with Crippen molar-refractivity contribution < 1.29 is 9.21 Å². The van der Waals surface area contributed by atoms with E-state index in [9.17, 15) is 4.79 Å². The smallest absolute Gasteiger partial charge is 0.221 e. The van der Waals surface area contributed by atoms with Gasteiger partial charge >= 0.3 is 0 Å². The highest BCUT2D eigenvalue weighted by Gasteiger charge is 2.08. The van der Waals surface area contributed by atoms with E-state index in [2.05, 4.69) is 17.6 Å². The SMILES string of the molecule is CC(=O)Nc1cc(NC(C)c2ccoc2)ccc1C. The molecule has 2 rings (SSSR count). The lowest BCUT2D eigenvalue weighted by Crippen LogP contribution is -2.09. The van der Waals surface area contributed by atoms with Crippen molar-refractivity contribution in [1.29, 1.82) is 0 Å². The van der Waals surface area contributed by atoms with Crippen molar-refractivity contribution in [3.05, 3.63) is 47.9 Å². The van der Waals surface area contributed by atoms with Crippen molar-refractivity contribution in [2.75, 3.05) is 10.6 Å². The first kappa shape index (κ1) is 13.2. The van der Waals surface area contributed by atoms with Crippen LogP contribution in [0.25, 0.3) is 0 Å². The van der Waals surface area contributed by atoms with Crippen molar-refractivity contribution in [3.63, 3.8) is 0 Å². The second-order valence-corrected chi connectivity index (χ2v) is 4.63. The van der Waals surface area contributed by atoms with Gasteiger partial charge in [0.2, 0.25) is 5.91 Å². The number of furan rings is 1. The third-order valence-corrected chi connectivity index (χ3v) is 2.97. The molecule has 2 N–H and O–H groups in total. The van der Waals surface area contributed by atoms with Gasteiger partial charge in [0.25, 0.3) is 0 Å². The Morgan fingerprint density at radius 3 is 2.74 bits per heavy atom. The summed E-state index contributed by atoms with van der Waals surface area (Å²) in [6, 6.07) is 7.99. The quantitative estimate of drug-likeness (QED) is 0.878. The van der Waals surface area contributed by atoms with Crippen LogP contribution >= 0.6 is 0 Å². The lowest BCUT2D eigenvalue weighted by Gasteiger charge is -2.15. The molecule has 0 aliphatic rings.